The molecule has 61 heavy (non-hydrogen) atoms. The van der Waals surface area contributed by atoms with Gasteiger partial charge in [0, 0.05) is 44.9 Å². The second-order valence-corrected chi connectivity index (χ2v) is 16.3. The first-order valence-electron chi connectivity index (χ1n) is 20.5. The lowest BCUT2D eigenvalue weighted by molar-refractivity contribution is -0.128. The molecule has 2 unspecified atom stereocenters. The topological polar surface area (TPSA) is 305 Å². The van der Waals surface area contributed by atoms with Crippen LogP contribution in [0.3, 0.4) is 0 Å². The Hall–Kier alpha value is -5.88. The quantitative estimate of drug-likeness (QED) is 0.00923. The Balaban J connectivity index is 1.27. The van der Waals surface area contributed by atoms with Crippen LogP contribution in [0.1, 0.15) is 89.0 Å². The van der Waals surface area contributed by atoms with Gasteiger partial charge in [-0.05, 0) is 85.9 Å². The number of hydrazine groups is 1. The molecule has 4 rings (SSSR count). The van der Waals surface area contributed by atoms with Crippen molar-refractivity contribution < 1.29 is 33.4 Å². The lowest BCUT2D eigenvalue weighted by atomic mass is 9.68. The fraction of sp³-hybridized carbons (Fsp3) is 0.575. The SMILES string of the molecule is [N-]=[N+]=NCC(CN=[N+]=[N-])OC(=O)N[C@@H](CC1=CC=C(OC(=O)NCCCC(=O)N[C@@H](CSC(c2ccccc2)(C2C=CCCC2)C2CCCCC2)C(=O)NN)CC1)C(=O)N=O. The summed E-state index contributed by atoms with van der Waals surface area (Å²) in [7, 11) is 0. The smallest absolute Gasteiger partial charge is 0.412 e. The highest BCUT2D eigenvalue weighted by molar-refractivity contribution is 8.00. The minimum Gasteiger partial charge on any atom is -0.446 e. The van der Waals surface area contributed by atoms with Crippen LogP contribution in [0.2, 0.25) is 0 Å². The van der Waals surface area contributed by atoms with Crippen LogP contribution in [0.4, 0.5) is 9.59 Å². The lowest BCUT2D eigenvalue weighted by Gasteiger charge is -2.48. The van der Waals surface area contributed by atoms with E-state index >= 15 is 0 Å². The number of nitroso groups, excluding NO2 is 1. The number of nitrogens with zero attached hydrogens (tertiary/aromatic N) is 7. The molecule has 0 aromatic heterocycles. The summed E-state index contributed by atoms with van der Waals surface area (Å²) in [5.41, 5.74) is 21.2. The van der Waals surface area contributed by atoms with Crippen LogP contribution in [-0.4, -0.2) is 73.5 Å². The first kappa shape index (κ1) is 47.8. The van der Waals surface area contributed by atoms with Crippen molar-refractivity contribution in [2.45, 2.75) is 106 Å². The number of carbonyl (C=O) groups is 5. The second kappa shape index (κ2) is 25.7. The number of amides is 5. The number of nitrogens with two attached hydrogens (primary N) is 1. The molecule has 5 amide bonds. The highest BCUT2D eigenvalue weighted by Crippen LogP contribution is 2.56. The van der Waals surface area contributed by atoms with E-state index in [0.717, 1.165) is 44.9 Å². The van der Waals surface area contributed by atoms with Crippen LogP contribution in [0.5, 0.6) is 0 Å². The van der Waals surface area contributed by atoms with Crippen molar-refractivity contribution in [1.29, 1.82) is 0 Å². The molecule has 0 aliphatic heterocycles. The fourth-order valence-electron chi connectivity index (χ4n) is 7.98. The minimum atomic E-state index is -1.38. The Morgan fingerprint density at radius 3 is 2.28 bits per heavy atom. The minimum absolute atomic E-state index is 0.0330. The molecule has 1 aromatic rings. The average molecular weight is 863 g/mol. The van der Waals surface area contributed by atoms with Gasteiger partial charge < -0.3 is 25.4 Å². The summed E-state index contributed by atoms with van der Waals surface area (Å²) in [6.07, 6.45) is 14.5. The number of alkyl carbamates (subject to hydrolysis) is 2. The number of ether oxygens (including phenoxy) is 2. The molecule has 0 spiro atoms. The van der Waals surface area contributed by atoms with Gasteiger partial charge in [0.15, 0.2) is 0 Å². The molecule has 0 heterocycles. The molecule has 0 radical (unpaired) electrons. The number of nitrogens with one attached hydrogen (secondary N) is 4. The van der Waals surface area contributed by atoms with Gasteiger partial charge in [-0.25, -0.2) is 15.4 Å². The van der Waals surface area contributed by atoms with Crippen molar-refractivity contribution in [3.8, 4) is 0 Å². The monoisotopic (exact) mass is 862 g/mol. The van der Waals surface area contributed by atoms with Crippen molar-refractivity contribution in [1.82, 2.24) is 21.4 Å². The number of allylic oxidation sites excluding steroid dienone is 5. The van der Waals surface area contributed by atoms with Gasteiger partial charge in [-0.3, -0.25) is 19.8 Å². The van der Waals surface area contributed by atoms with Gasteiger partial charge in [0.2, 0.25) is 5.91 Å². The predicted octanol–water partition coefficient (Wildman–Crippen LogP) is 6.90. The number of hydrogen-bond acceptors (Lipinski definition) is 12. The maximum Gasteiger partial charge on any atom is 0.412 e. The van der Waals surface area contributed by atoms with E-state index in [-0.39, 0.29) is 61.9 Å². The van der Waals surface area contributed by atoms with Gasteiger partial charge in [-0.2, -0.15) is 0 Å². The summed E-state index contributed by atoms with van der Waals surface area (Å²) in [5, 5.41) is 16.7. The van der Waals surface area contributed by atoms with Crippen LogP contribution in [0.25, 0.3) is 20.9 Å². The van der Waals surface area contributed by atoms with E-state index in [2.05, 4.69) is 83.0 Å². The van der Waals surface area contributed by atoms with Gasteiger partial charge in [0.05, 0.1) is 13.1 Å². The van der Waals surface area contributed by atoms with Gasteiger partial charge in [-0.15, -0.1) is 16.7 Å². The molecule has 0 bridgehead atoms. The molecule has 1 saturated carbocycles. The Bertz CT molecular complexity index is 1860. The predicted molar refractivity (Wildman–Crippen MR) is 228 cm³/mol. The molecule has 4 atom stereocenters. The standard InChI is InChI=1S/C40H54N12O8S/c41-49-36(54)34(26-61-40(28-11-4-1-5-12-28,29-13-6-2-7-14-29)30-15-8-3-9-16-30)47-35(53)17-10-22-44-38(56)59-31-20-18-27(19-21-31)23-33(37(55)50-58)48-39(57)60-32(24-45-51-42)25-46-52-43/h1,4-6,11-13,18,20,29-30,32-34H,2-3,7-10,14-17,19,21-26,41H2,(H,44,56)(H,47,53)(H,48,57)(H,49,54)/t29?,33-,34-,40?/m0/s1. The normalized spacial score (nSPS) is 18.7. The van der Waals surface area contributed by atoms with Crippen LogP contribution in [0.15, 0.2) is 81.4 Å². The molecular formula is C40H54N12O8S. The van der Waals surface area contributed by atoms with Crippen LogP contribution >= 0.6 is 11.8 Å². The molecular weight excluding hydrogens is 809 g/mol. The number of hydrogen-bond donors (Lipinski definition) is 5. The van der Waals surface area contributed by atoms with Crippen molar-refractivity contribution >= 4 is 41.7 Å². The molecule has 0 saturated heterocycles. The number of rotatable bonds is 22. The summed E-state index contributed by atoms with van der Waals surface area (Å²) >= 11 is 1.75. The van der Waals surface area contributed by atoms with E-state index in [1.807, 2.05) is 6.07 Å². The summed E-state index contributed by atoms with van der Waals surface area (Å²) in [4.78, 5) is 79.6. The third-order valence-corrected chi connectivity index (χ3v) is 12.8. The zero-order valence-corrected chi connectivity index (χ0v) is 34.8. The maximum atomic E-state index is 13.2. The third-order valence-electron chi connectivity index (χ3n) is 10.9. The van der Waals surface area contributed by atoms with E-state index in [0.29, 0.717) is 29.4 Å². The number of carbonyl (C=O) groups excluding carboxylic acids is 5. The van der Waals surface area contributed by atoms with Crippen molar-refractivity contribution in [2.24, 2.45) is 33.1 Å². The zero-order valence-electron chi connectivity index (χ0n) is 34.0. The van der Waals surface area contributed by atoms with Gasteiger partial charge in [0.1, 0.15) is 23.9 Å². The number of azide groups is 2. The Labute approximate surface area is 357 Å². The van der Waals surface area contributed by atoms with Gasteiger partial charge >= 0.3 is 18.1 Å². The molecule has 3 aliphatic rings. The molecule has 6 N–H and O–H groups in total. The first-order valence-corrected chi connectivity index (χ1v) is 21.5. The molecule has 1 aromatic carbocycles. The van der Waals surface area contributed by atoms with E-state index in [1.165, 1.54) is 18.1 Å². The first-order chi connectivity index (χ1) is 29.6. The highest BCUT2D eigenvalue weighted by Gasteiger charge is 2.47. The van der Waals surface area contributed by atoms with Crippen molar-refractivity contribution in [3.63, 3.8) is 0 Å². The number of benzene rings is 1. The summed E-state index contributed by atoms with van der Waals surface area (Å²) in [5.74, 6) is 4.94. The number of thioether (sulfide) groups is 1. The lowest BCUT2D eigenvalue weighted by Crippen LogP contribution is -2.51. The average Bonchev–Trinajstić information content (AvgIpc) is 3.29. The summed E-state index contributed by atoms with van der Waals surface area (Å²) in [6, 6.07) is 8.29. The van der Waals surface area contributed by atoms with E-state index in [1.54, 1.807) is 17.8 Å². The largest absolute Gasteiger partial charge is 0.446 e. The Morgan fingerprint density at radius 2 is 1.66 bits per heavy atom. The van der Waals surface area contributed by atoms with Crippen molar-refractivity contribution in [2.75, 3.05) is 25.4 Å². The van der Waals surface area contributed by atoms with Gasteiger partial charge in [-0.1, -0.05) is 83.6 Å². The maximum absolute atomic E-state index is 13.2. The molecule has 328 valence electrons. The zero-order chi connectivity index (χ0) is 43.9. The molecule has 20 nitrogen and oxygen atoms in total. The molecule has 1 fully saturated rings. The summed E-state index contributed by atoms with van der Waals surface area (Å²) in [6.45, 7) is -0.550. The van der Waals surface area contributed by atoms with Crippen LogP contribution in [-0.2, 0) is 28.6 Å². The van der Waals surface area contributed by atoms with Crippen LogP contribution < -0.4 is 27.2 Å². The fourth-order valence-corrected chi connectivity index (χ4v) is 9.85. The summed E-state index contributed by atoms with van der Waals surface area (Å²) < 4.78 is 10.2. The molecule has 21 heteroatoms. The second-order valence-electron chi connectivity index (χ2n) is 15.0. The Kier molecular flexibility index (Phi) is 20.1. The van der Waals surface area contributed by atoms with Crippen molar-refractivity contribution in [3.05, 3.63) is 97.3 Å². The third kappa shape index (κ3) is 15.0. The van der Waals surface area contributed by atoms with E-state index in [4.69, 9.17) is 26.4 Å². The van der Waals surface area contributed by atoms with E-state index in [9.17, 15) is 28.9 Å². The van der Waals surface area contributed by atoms with E-state index < -0.39 is 42.2 Å². The Morgan fingerprint density at radius 1 is 0.918 bits per heavy atom. The van der Waals surface area contributed by atoms with Gasteiger partial charge in [0.25, 0.3) is 5.91 Å². The van der Waals surface area contributed by atoms with Crippen LogP contribution in [0, 0.1) is 16.7 Å². The molecule has 3 aliphatic carbocycles. The highest BCUT2D eigenvalue weighted by atomic mass is 32.2.